The van der Waals surface area contributed by atoms with Crippen LogP contribution in [0.15, 0.2) is 12.1 Å². The zero-order valence-electron chi connectivity index (χ0n) is 10.3. The van der Waals surface area contributed by atoms with E-state index < -0.39 is 5.97 Å². The summed E-state index contributed by atoms with van der Waals surface area (Å²) in [5, 5.41) is 13.5. The van der Waals surface area contributed by atoms with Crippen molar-refractivity contribution in [3.63, 3.8) is 0 Å². The molecule has 2 heterocycles. The van der Waals surface area contributed by atoms with Gasteiger partial charge in [0.15, 0.2) is 11.3 Å². The monoisotopic (exact) mass is 245 g/mol. The molecule has 18 heavy (non-hydrogen) atoms. The molecule has 94 valence electrons. The van der Waals surface area contributed by atoms with Crippen LogP contribution < -0.4 is 0 Å². The minimum Gasteiger partial charge on any atom is -0.477 e. The standard InChI is InChI=1S/C13H15N3O2/c1-8-6-12-14-10(13(17)18)7-11(16(12)15-8)9-4-2-3-5-9/h6-7,9H,2-5H2,1H3,(H,17,18). The van der Waals surface area contributed by atoms with Gasteiger partial charge in [0.1, 0.15) is 0 Å². The third kappa shape index (κ3) is 1.75. The number of rotatable bonds is 2. The fraction of sp³-hybridized carbons (Fsp3) is 0.462. The van der Waals surface area contributed by atoms with Gasteiger partial charge in [-0.25, -0.2) is 14.3 Å². The van der Waals surface area contributed by atoms with Gasteiger partial charge in [-0.2, -0.15) is 5.10 Å². The number of hydrogen-bond acceptors (Lipinski definition) is 3. The average molecular weight is 245 g/mol. The third-order valence-electron chi connectivity index (χ3n) is 3.57. The molecule has 2 aromatic heterocycles. The van der Waals surface area contributed by atoms with Crippen LogP contribution in [0.4, 0.5) is 0 Å². The van der Waals surface area contributed by atoms with Gasteiger partial charge in [0.2, 0.25) is 0 Å². The Bertz CT molecular complexity index is 612. The van der Waals surface area contributed by atoms with Crippen molar-refractivity contribution < 1.29 is 9.90 Å². The molecule has 3 rings (SSSR count). The van der Waals surface area contributed by atoms with Crippen LogP contribution in [0.2, 0.25) is 0 Å². The van der Waals surface area contributed by atoms with Crippen molar-refractivity contribution in [2.45, 2.75) is 38.5 Å². The van der Waals surface area contributed by atoms with Crippen LogP contribution in [0.5, 0.6) is 0 Å². The molecular weight excluding hydrogens is 230 g/mol. The molecule has 0 unspecified atom stereocenters. The lowest BCUT2D eigenvalue weighted by molar-refractivity contribution is 0.0690. The van der Waals surface area contributed by atoms with Gasteiger partial charge < -0.3 is 5.11 Å². The van der Waals surface area contributed by atoms with Gasteiger partial charge in [0, 0.05) is 17.7 Å². The fourth-order valence-corrected chi connectivity index (χ4v) is 2.73. The summed E-state index contributed by atoms with van der Waals surface area (Å²) < 4.78 is 1.80. The van der Waals surface area contributed by atoms with Crippen molar-refractivity contribution in [2.75, 3.05) is 0 Å². The Labute approximate surface area is 104 Å². The van der Waals surface area contributed by atoms with Gasteiger partial charge in [-0.15, -0.1) is 0 Å². The lowest BCUT2D eigenvalue weighted by Gasteiger charge is -2.12. The molecule has 1 aliphatic rings. The molecule has 5 heteroatoms. The number of aromatic nitrogens is 3. The summed E-state index contributed by atoms with van der Waals surface area (Å²) in [6.45, 7) is 1.90. The molecule has 1 fully saturated rings. The van der Waals surface area contributed by atoms with E-state index in [1.165, 1.54) is 12.8 Å². The Hall–Kier alpha value is -1.91. The van der Waals surface area contributed by atoms with E-state index in [0.717, 1.165) is 24.2 Å². The molecule has 1 saturated carbocycles. The molecule has 0 atom stereocenters. The van der Waals surface area contributed by atoms with Gasteiger partial charge in [0.05, 0.1) is 5.69 Å². The van der Waals surface area contributed by atoms with E-state index in [2.05, 4.69) is 10.1 Å². The Morgan fingerprint density at radius 2 is 2.11 bits per heavy atom. The zero-order valence-corrected chi connectivity index (χ0v) is 10.3. The fourth-order valence-electron chi connectivity index (χ4n) is 2.73. The summed E-state index contributed by atoms with van der Waals surface area (Å²) in [7, 11) is 0. The highest BCUT2D eigenvalue weighted by atomic mass is 16.4. The third-order valence-corrected chi connectivity index (χ3v) is 3.57. The second kappa shape index (κ2) is 4.08. The maximum absolute atomic E-state index is 11.1. The lowest BCUT2D eigenvalue weighted by Crippen LogP contribution is -2.10. The largest absolute Gasteiger partial charge is 0.477 e. The number of carbonyl (C=O) groups is 1. The molecule has 0 saturated heterocycles. The van der Waals surface area contributed by atoms with Gasteiger partial charge >= 0.3 is 5.97 Å². The molecule has 0 amide bonds. The van der Waals surface area contributed by atoms with Crippen molar-refractivity contribution in [1.29, 1.82) is 0 Å². The van der Waals surface area contributed by atoms with E-state index in [0.29, 0.717) is 11.6 Å². The quantitative estimate of drug-likeness (QED) is 0.882. The number of hydrogen-bond donors (Lipinski definition) is 1. The second-order valence-electron chi connectivity index (χ2n) is 4.91. The SMILES string of the molecule is Cc1cc2nc(C(=O)O)cc(C3CCCC3)n2n1. The summed E-state index contributed by atoms with van der Waals surface area (Å²) in [5.41, 5.74) is 2.60. The molecule has 2 aromatic rings. The van der Waals surface area contributed by atoms with Crippen LogP contribution in [0.1, 0.15) is 53.5 Å². The van der Waals surface area contributed by atoms with Crippen molar-refractivity contribution in [3.05, 3.63) is 29.2 Å². The topological polar surface area (TPSA) is 67.5 Å². The number of aryl methyl sites for hydroxylation is 1. The Balaban J connectivity index is 2.22. The molecular formula is C13H15N3O2. The number of carboxylic acids is 1. The van der Waals surface area contributed by atoms with Crippen LogP contribution in [-0.2, 0) is 0 Å². The van der Waals surface area contributed by atoms with E-state index >= 15 is 0 Å². The van der Waals surface area contributed by atoms with Gasteiger partial charge in [-0.05, 0) is 25.8 Å². The summed E-state index contributed by atoms with van der Waals surface area (Å²) in [6, 6.07) is 3.50. The first-order valence-corrected chi connectivity index (χ1v) is 6.26. The second-order valence-corrected chi connectivity index (χ2v) is 4.91. The highest BCUT2D eigenvalue weighted by Crippen LogP contribution is 2.34. The van der Waals surface area contributed by atoms with Crippen LogP contribution >= 0.6 is 0 Å². The smallest absolute Gasteiger partial charge is 0.354 e. The lowest BCUT2D eigenvalue weighted by atomic mass is 10.0. The van der Waals surface area contributed by atoms with Crippen LogP contribution in [0.3, 0.4) is 0 Å². The molecule has 1 N–H and O–H groups in total. The molecule has 0 spiro atoms. The number of carboxylic acid groups (broad SMARTS) is 1. The van der Waals surface area contributed by atoms with Gasteiger partial charge in [-0.3, -0.25) is 0 Å². The average Bonchev–Trinajstić information content (AvgIpc) is 2.94. The number of nitrogens with zero attached hydrogens (tertiary/aromatic N) is 3. The molecule has 1 aliphatic carbocycles. The molecule has 0 radical (unpaired) electrons. The molecule has 0 aromatic carbocycles. The number of fused-ring (bicyclic) bond motifs is 1. The van der Waals surface area contributed by atoms with Crippen molar-refractivity contribution in [2.24, 2.45) is 0 Å². The first-order chi connectivity index (χ1) is 8.65. The van der Waals surface area contributed by atoms with Crippen molar-refractivity contribution >= 4 is 11.6 Å². The van der Waals surface area contributed by atoms with Crippen LogP contribution in [-0.4, -0.2) is 25.7 Å². The maximum atomic E-state index is 11.1. The Morgan fingerprint density at radius 1 is 1.39 bits per heavy atom. The molecule has 0 aliphatic heterocycles. The number of aromatic carboxylic acids is 1. The molecule has 0 bridgehead atoms. The van der Waals surface area contributed by atoms with Crippen molar-refractivity contribution in [1.82, 2.24) is 14.6 Å². The van der Waals surface area contributed by atoms with Crippen LogP contribution in [0, 0.1) is 6.92 Å². The zero-order chi connectivity index (χ0) is 12.7. The van der Waals surface area contributed by atoms with E-state index in [9.17, 15) is 4.79 Å². The summed E-state index contributed by atoms with van der Waals surface area (Å²) >= 11 is 0. The first-order valence-electron chi connectivity index (χ1n) is 6.26. The highest BCUT2D eigenvalue weighted by molar-refractivity contribution is 5.86. The minimum absolute atomic E-state index is 0.115. The van der Waals surface area contributed by atoms with E-state index in [1.54, 1.807) is 10.6 Å². The van der Waals surface area contributed by atoms with Crippen molar-refractivity contribution in [3.8, 4) is 0 Å². The normalized spacial score (nSPS) is 16.5. The summed E-state index contributed by atoms with van der Waals surface area (Å²) in [5.74, 6) is -0.566. The highest BCUT2D eigenvalue weighted by Gasteiger charge is 2.22. The maximum Gasteiger partial charge on any atom is 0.354 e. The predicted molar refractivity (Wildman–Crippen MR) is 65.9 cm³/mol. The summed E-state index contributed by atoms with van der Waals surface area (Å²) in [4.78, 5) is 15.3. The van der Waals surface area contributed by atoms with E-state index in [-0.39, 0.29) is 5.69 Å². The van der Waals surface area contributed by atoms with Crippen LogP contribution in [0.25, 0.3) is 5.65 Å². The molecule has 5 nitrogen and oxygen atoms in total. The first kappa shape index (κ1) is 11.2. The van der Waals surface area contributed by atoms with E-state index in [4.69, 9.17) is 5.11 Å². The summed E-state index contributed by atoms with van der Waals surface area (Å²) in [6.07, 6.45) is 4.63. The van der Waals surface area contributed by atoms with Gasteiger partial charge in [-0.1, -0.05) is 12.8 Å². The Morgan fingerprint density at radius 3 is 2.78 bits per heavy atom. The minimum atomic E-state index is -0.976. The Kier molecular flexibility index (Phi) is 2.54. The predicted octanol–water partition coefficient (Wildman–Crippen LogP) is 2.39. The van der Waals surface area contributed by atoms with E-state index in [1.807, 2.05) is 13.0 Å². The van der Waals surface area contributed by atoms with Gasteiger partial charge in [0.25, 0.3) is 0 Å².